The van der Waals surface area contributed by atoms with Crippen LogP contribution < -0.4 is 10.4 Å². The minimum atomic E-state index is -1.50. The Morgan fingerprint density at radius 2 is 1.37 bits per heavy atom. The summed E-state index contributed by atoms with van der Waals surface area (Å²) < 4.78 is 0. The van der Waals surface area contributed by atoms with E-state index in [-0.39, 0.29) is 0 Å². The normalized spacial score (nSPS) is 22.1. The fourth-order valence-corrected chi connectivity index (χ4v) is 9.21. The van der Waals surface area contributed by atoms with Crippen LogP contribution in [-0.4, -0.2) is 8.07 Å². The van der Waals surface area contributed by atoms with Gasteiger partial charge in [-0.05, 0) is 18.0 Å². The van der Waals surface area contributed by atoms with Crippen LogP contribution in [0.4, 0.5) is 0 Å². The monoisotopic (exact) mass is 266 g/mol. The predicted octanol–water partition coefficient (Wildman–Crippen LogP) is 3.68. The minimum Gasteiger partial charge on any atom is -0.0628 e. The van der Waals surface area contributed by atoms with Crippen LogP contribution in [0.1, 0.15) is 19.8 Å². The van der Waals surface area contributed by atoms with Crippen LogP contribution >= 0.6 is 0 Å². The van der Waals surface area contributed by atoms with E-state index in [1.54, 1.807) is 10.4 Å². The Morgan fingerprint density at radius 1 is 0.842 bits per heavy atom. The summed E-state index contributed by atoms with van der Waals surface area (Å²) in [5.74, 6) is 0.876. The molecule has 1 aliphatic heterocycles. The molecule has 0 amide bonds. The second kappa shape index (κ2) is 5.34. The molecule has 0 radical (unpaired) electrons. The standard InChI is InChI=1S/C18H22Si/c1-16-9-8-14-19(15-16,17-10-4-2-5-11-17)18-12-6-3-7-13-18/h2-7,10-13,16H,8-9,14-15H2,1H3. The van der Waals surface area contributed by atoms with E-state index >= 15 is 0 Å². The summed E-state index contributed by atoms with van der Waals surface area (Å²) >= 11 is 0. The molecule has 1 heterocycles. The van der Waals surface area contributed by atoms with Crippen molar-refractivity contribution in [2.75, 3.05) is 0 Å². The van der Waals surface area contributed by atoms with E-state index in [0.29, 0.717) is 0 Å². The van der Waals surface area contributed by atoms with E-state index in [0.717, 1.165) is 5.92 Å². The van der Waals surface area contributed by atoms with Gasteiger partial charge in [-0.1, -0.05) is 90.8 Å². The van der Waals surface area contributed by atoms with Gasteiger partial charge in [0.1, 0.15) is 8.07 Å². The Morgan fingerprint density at radius 3 is 1.84 bits per heavy atom. The second-order valence-corrected chi connectivity index (χ2v) is 10.2. The largest absolute Gasteiger partial charge is 0.118 e. The van der Waals surface area contributed by atoms with Crippen molar-refractivity contribution in [3.05, 3.63) is 60.7 Å². The van der Waals surface area contributed by atoms with E-state index in [9.17, 15) is 0 Å². The molecule has 3 rings (SSSR count). The minimum absolute atomic E-state index is 0.876. The van der Waals surface area contributed by atoms with Gasteiger partial charge in [0.2, 0.25) is 0 Å². The molecule has 2 aromatic rings. The first-order valence-electron chi connectivity index (χ1n) is 7.42. The molecule has 0 nitrogen and oxygen atoms in total. The lowest BCUT2D eigenvalue weighted by Gasteiger charge is -2.39. The van der Waals surface area contributed by atoms with Gasteiger partial charge < -0.3 is 0 Å². The SMILES string of the molecule is CC1CCC[Si](c2ccccc2)(c2ccccc2)C1. The van der Waals surface area contributed by atoms with E-state index in [1.165, 1.54) is 24.9 Å². The Bertz CT molecular complexity index is 478. The summed E-state index contributed by atoms with van der Waals surface area (Å²) in [4.78, 5) is 0. The summed E-state index contributed by atoms with van der Waals surface area (Å²) in [5, 5.41) is 3.26. The molecule has 2 aromatic carbocycles. The van der Waals surface area contributed by atoms with Gasteiger partial charge in [0.25, 0.3) is 0 Å². The molecule has 0 N–H and O–H groups in total. The van der Waals surface area contributed by atoms with Gasteiger partial charge in [-0.25, -0.2) is 0 Å². The zero-order valence-corrected chi connectivity index (χ0v) is 12.7. The fourth-order valence-electron chi connectivity index (χ4n) is 3.76. The van der Waals surface area contributed by atoms with Gasteiger partial charge in [-0.15, -0.1) is 0 Å². The van der Waals surface area contributed by atoms with Crippen molar-refractivity contribution in [3.8, 4) is 0 Å². The van der Waals surface area contributed by atoms with Crippen LogP contribution in [0.5, 0.6) is 0 Å². The first-order chi connectivity index (χ1) is 9.31. The molecular weight excluding hydrogens is 244 g/mol. The van der Waals surface area contributed by atoms with Gasteiger partial charge in [0, 0.05) is 0 Å². The third-order valence-corrected chi connectivity index (χ3v) is 10.1. The molecule has 0 spiro atoms. The van der Waals surface area contributed by atoms with Crippen LogP contribution in [0, 0.1) is 5.92 Å². The van der Waals surface area contributed by atoms with Gasteiger partial charge in [-0.2, -0.15) is 0 Å². The highest BCUT2D eigenvalue weighted by atomic mass is 28.3. The summed E-state index contributed by atoms with van der Waals surface area (Å²) in [6, 6.07) is 25.5. The van der Waals surface area contributed by atoms with E-state index in [2.05, 4.69) is 67.6 Å². The molecule has 1 fully saturated rings. The lowest BCUT2D eigenvalue weighted by atomic mass is 10.1. The Labute approximate surface area is 117 Å². The first kappa shape index (κ1) is 12.7. The maximum absolute atomic E-state index is 2.44. The van der Waals surface area contributed by atoms with Crippen LogP contribution in [0.15, 0.2) is 60.7 Å². The average Bonchev–Trinajstić information content (AvgIpc) is 2.49. The molecule has 1 aliphatic rings. The first-order valence-corrected chi connectivity index (χ1v) is 9.84. The summed E-state index contributed by atoms with van der Waals surface area (Å²) in [5.41, 5.74) is 0. The number of hydrogen-bond acceptors (Lipinski definition) is 0. The zero-order valence-electron chi connectivity index (χ0n) is 11.7. The highest BCUT2D eigenvalue weighted by Crippen LogP contribution is 2.32. The van der Waals surface area contributed by atoms with Gasteiger partial charge in [0.05, 0.1) is 0 Å². The van der Waals surface area contributed by atoms with Crippen molar-refractivity contribution in [3.63, 3.8) is 0 Å². The fraction of sp³-hybridized carbons (Fsp3) is 0.333. The van der Waals surface area contributed by atoms with Crippen molar-refractivity contribution in [2.24, 2.45) is 5.92 Å². The van der Waals surface area contributed by atoms with Gasteiger partial charge >= 0.3 is 0 Å². The van der Waals surface area contributed by atoms with Crippen molar-refractivity contribution in [2.45, 2.75) is 31.9 Å². The summed E-state index contributed by atoms with van der Waals surface area (Å²) in [6.07, 6.45) is 2.81. The lowest BCUT2D eigenvalue weighted by molar-refractivity contribution is 0.542. The number of benzene rings is 2. The Kier molecular flexibility index (Phi) is 3.56. The Hall–Kier alpha value is -1.34. The maximum Gasteiger partial charge on any atom is 0.118 e. The van der Waals surface area contributed by atoms with Gasteiger partial charge in [-0.3, -0.25) is 0 Å². The lowest BCUT2D eigenvalue weighted by Crippen LogP contribution is -2.60. The second-order valence-electron chi connectivity index (χ2n) is 6.02. The molecule has 1 saturated heterocycles. The molecule has 0 aromatic heterocycles. The third kappa shape index (κ3) is 2.39. The van der Waals surface area contributed by atoms with Crippen LogP contribution in [-0.2, 0) is 0 Å². The van der Waals surface area contributed by atoms with Crippen molar-refractivity contribution in [1.82, 2.24) is 0 Å². The highest BCUT2D eigenvalue weighted by Gasteiger charge is 2.40. The highest BCUT2D eigenvalue weighted by molar-refractivity contribution is 7.02. The van der Waals surface area contributed by atoms with E-state index < -0.39 is 8.07 Å². The zero-order chi connectivity index (χ0) is 13.1. The van der Waals surface area contributed by atoms with E-state index in [1.807, 2.05) is 0 Å². The quantitative estimate of drug-likeness (QED) is 0.727. The molecule has 1 atom stereocenters. The molecule has 0 saturated carbocycles. The van der Waals surface area contributed by atoms with Crippen LogP contribution in [0.25, 0.3) is 0 Å². The van der Waals surface area contributed by atoms with Crippen molar-refractivity contribution >= 4 is 18.4 Å². The molecule has 1 unspecified atom stereocenters. The average molecular weight is 266 g/mol. The summed E-state index contributed by atoms with van der Waals surface area (Å²) in [6.45, 7) is 2.44. The summed E-state index contributed by atoms with van der Waals surface area (Å²) in [7, 11) is -1.50. The number of hydrogen-bond donors (Lipinski definition) is 0. The van der Waals surface area contributed by atoms with Gasteiger partial charge in [0.15, 0.2) is 0 Å². The van der Waals surface area contributed by atoms with Crippen LogP contribution in [0.3, 0.4) is 0 Å². The predicted molar refractivity (Wildman–Crippen MR) is 85.9 cm³/mol. The Balaban J connectivity index is 2.11. The molecule has 1 heteroatoms. The van der Waals surface area contributed by atoms with Crippen LogP contribution in [0.2, 0.25) is 12.1 Å². The number of rotatable bonds is 2. The molecule has 98 valence electrons. The molecule has 0 aliphatic carbocycles. The molecule has 0 bridgehead atoms. The maximum atomic E-state index is 2.44. The molecular formula is C18H22Si. The van der Waals surface area contributed by atoms with E-state index in [4.69, 9.17) is 0 Å². The van der Waals surface area contributed by atoms with Crippen molar-refractivity contribution < 1.29 is 0 Å². The molecule has 19 heavy (non-hydrogen) atoms. The smallest absolute Gasteiger partial charge is 0.0628 e. The van der Waals surface area contributed by atoms with Crippen molar-refractivity contribution in [1.29, 1.82) is 0 Å². The topological polar surface area (TPSA) is 0 Å². The third-order valence-electron chi connectivity index (χ3n) is 4.65.